The molecule has 2 nitrogen and oxygen atoms in total. The quantitative estimate of drug-likeness (QED) is 0.364. The highest BCUT2D eigenvalue weighted by molar-refractivity contribution is 6.49. The van der Waals surface area contributed by atoms with Gasteiger partial charge in [-0.05, 0) is 36.9 Å². The molecule has 0 saturated carbocycles. The van der Waals surface area contributed by atoms with Gasteiger partial charge >= 0.3 is 0 Å². The van der Waals surface area contributed by atoms with Crippen molar-refractivity contribution in [2.75, 3.05) is 0 Å². The maximum Gasteiger partial charge on any atom is 0.294 e. The van der Waals surface area contributed by atoms with E-state index in [1.54, 1.807) is 11.5 Å². The molecule has 0 N–H and O–H groups in total. The molecule has 0 aliphatic heterocycles. The molecule has 25 heavy (non-hydrogen) atoms. The zero-order valence-corrected chi connectivity index (χ0v) is 18.6. The summed E-state index contributed by atoms with van der Waals surface area (Å²) < 4.78 is 3.89. The summed E-state index contributed by atoms with van der Waals surface area (Å²) in [6, 6.07) is 9.99. The predicted molar refractivity (Wildman–Crippen MR) is 96.9 cm³/mol. The monoisotopic (exact) mass is 462 g/mol. The van der Waals surface area contributed by atoms with E-state index in [1.807, 2.05) is 30.6 Å². The molecule has 0 spiro atoms. The van der Waals surface area contributed by atoms with Gasteiger partial charge in [-0.2, -0.15) is 9.13 Å². The minimum Gasteiger partial charge on any atom is -1.00 e. The lowest BCUT2D eigenvalue weighted by atomic mass is 10.2. The van der Waals surface area contributed by atoms with Gasteiger partial charge in [0, 0.05) is 38.1 Å². The molecule has 136 valence electrons. The predicted octanol–water partition coefficient (Wildman–Crippen LogP) is -1.86. The molecule has 0 aliphatic rings. The fourth-order valence-electron chi connectivity index (χ4n) is 2.18. The van der Waals surface area contributed by atoms with Gasteiger partial charge in [-0.3, -0.25) is 0 Å². The van der Waals surface area contributed by atoms with Crippen molar-refractivity contribution in [1.82, 2.24) is 0 Å². The number of terminal acetylenes is 1. The Morgan fingerprint density at radius 2 is 1.52 bits per heavy atom. The first-order chi connectivity index (χ1) is 10.9. The zero-order valence-electron chi connectivity index (χ0n) is 14.7. The van der Waals surface area contributed by atoms with Gasteiger partial charge < -0.3 is 29.4 Å². The molecular formula is C19H22BrCl3N2. The molecular weight excluding hydrogens is 442 g/mol. The fraction of sp³-hybridized carbons (Fsp3) is 0.263. The number of nitrogens with zero attached hydrogens (tertiary/aromatic N) is 2. The van der Waals surface area contributed by atoms with E-state index in [1.165, 1.54) is 17.0 Å². The third-order valence-electron chi connectivity index (χ3n) is 3.20. The van der Waals surface area contributed by atoms with Crippen LogP contribution in [0.5, 0.6) is 0 Å². The molecule has 0 aromatic carbocycles. The summed E-state index contributed by atoms with van der Waals surface area (Å²) in [5.41, 5.74) is 3.74. The van der Waals surface area contributed by atoms with Gasteiger partial charge in [0.1, 0.15) is 0 Å². The van der Waals surface area contributed by atoms with Crippen molar-refractivity contribution in [3.05, 3.63) is 64.7 Å². The molecule has 2 aromatic rings. The largest absolute Gasteiger partial charge is 1.00 e. The highest BCUT2D eigenvalue weighted by atomic mass is 79.9. The third-order valence-corrected chi connectivity index (χ3v) is 3.95. The number of aromatic nitrogens is 2. The van der Waals surface area contributed by atoms with Crippen LogP contribution in [0.4, 0.5) is 0 Å². The van der Waals surface area contributed by atoms with Gasteiger partial charge in [0.05, 0.1) is 5.03 Å². The van der Waals surface area contributed by atoms with Crippen LogP contribution in [-0.4, -0.2) is 0 Å². The summed E-state index contributed by atoms with van der Waals surface area (Å²) in [6.45, 7) is 8.68. The summed E-state index contributed by atoms with van der Waals surface area (Å²) in [7, 11) is 0. The molecule has 0 bridgehead atoms. The number of allylic oxidation sites excluding steroid dienone is 1. The lowest BCUT2D eigenvalue weighted by Crippen LogP contribution is -3.00. The number of aryl methyl sites for hydroxylation is 3. The molecule has 2 heterocycles. The van der Waals surface area contributed by atoms with E-state index >= 15 is 0 Å². The first kappa shape index (κ1) is 26.2. The van der Waals surface area contributed by atoms with E-state index in [-0.39, 0.29) is 29.4 Å². The average Bonchev–Trinajstić information content (AvgIpc) is 2.51. The standard InChI is InChI=1S/C11H14N.C8H8Cl2N.BrH.ClH/c1-5-6-12-10(3)7-9(2)8-11(12)4;1-7(9)8(10)11-5-3-2-4-6-11;;/h1,7-8H,6H2,2-4H3;2-6H,1H3;2*1H/q2*+1;;/p-2. The van der Waals surface area contributed by atoms with Crippen LogP contribution >= 0.6 is 23.2 Å². The molecule has 2 aromatic heterocycles. The zero-order chi connectivity index (χ0) is 17.4. The van der Waals surface area contributed by atoms with Crippen LogP contribution in [0, 0.1) is 33.1 Å². The molecule has 0 fully saturated rings. The summed E-state index contributed by atoms with van der Waals surface area (Å²) in [6.07, 6.45) is 8.95. The van der Waals surface area contributed by atoms with Crippen LogP contribution in [0.3, 0.4) is 0 Å². The molecule has 0 saturated heterocycles. The van der Waals surface area contributed by atoms with Crippen molar-refractivity contribution in [2.45, 2.75) is 34.2 Å². The summed E-state index contributed by atoms with van der Waals surface area (Å²) in [5, 5.41) is 1.12. The Bertz CT molecular complexity index is 711. The lowest BCUT2D eigenvalue weighted by molar-refractivity contribution is -0.696. The minimum atomic E-state index is 0. The minimum absolute atomic E-state index is 0. The van der Waals surface area contributed by atoms with Crippen LogP contribution in [0.1, 0.15) is 23.9 Å². The van der Waals surface area contributed by atoms with Crippen LogP contribution in [0.2, 0.25) is 0 Å². The number of halogens is 4. The smallest absolute Gasteiger partial charge is 0.294 e. The van der Waals surface area contributed by atoms with Gasteiger partial charge in [0.25, 0.3) is 5.16 Å². The van der Waals surface area contributed by atoms with Crippen molar-refractivity contribution in [2.24, 2.45) is 0 Å². The summed E-state index contributed by atoms with van der Waals surface area (Å²) in [5.74, 6) is 2.65. The molecule has 0 aliphatic carbocycles. The van der Waals surface area contributed by atoms with E-state index in [4.69, 9.17) is 29.6 Å². The van der Waals surface area contributed by atoms with Crippen molar-refractivity contribution in [3.63, 3.8) is 0 Å². The third kappa shape index (κ3) is 8.74. The van der Waals surface area contributed by atoms with Crippen LogP contribution in [0.25, 0.3) is 5.16 Å². The van der Waals surface area contributed by atoms with E-state index in [0.717, 1.165) is 0 Å². The second kappa shape index (κ2) is 13.2. The molecule has 6 heteroatoms. The fourth-order valence-corrected chi connectivity index (χ4v) is 2.39. The van der Waals surface area contributed by atoms with E-state index < -0.39 is 0 Å². The SMILES string of the molecule is C#CC[n+]1c(C)cc(C)cc1C.CC(Cl)=C(Cl)[n+]1ccccc1.[Br-].[Cl-]. The summed E-state index contributed by atoms with van der Waals surface area (Å²) >= 11 is 11.5. The van der Waals surface area contributed by atoms with Crippen molar-refractivity contribution in [1.29, 1.82) is 0 Å². The normalized spacial score (nSPS) is 10.1. The van der Waals surface area contributed by atoms with E-state index in [9.17, 15) is 0 Å². The van der Waals surface area contributed by atoms with Crippen molar-refractivity contribution < 1.29 is 38.5 Å². The molecule has 0 amide bonds. The lowest BCUT2D eigenvalue weighted by Gasteiger charge is -2.01. The summed E-state index contributed by atoms with van der Waals surface area (Å²) in [4.78, 5) is 0. The molecule has 0 unspecified atom stereocenters. The first-order valence-electron chi connectivity index (χ1n) is 7.26. The molecule has 0 radical (unpaired) electrons. The Hall–Kier alpha value is -1.05. The number of hydrogen-bond donors (Lipinski definition) is 0. The average molecular weight is 465 g/mol. The second-order valence-electron chi connectivity index (χ2n) is 5.21. The highest BCUT2D eigenvalue weighted by Crippen LogP contribution is 2.11. The number of hydrogen-bond acceptors (Lipinski definition) is 0. The van der Waals surface area contributed by atoms with Crippen LogP contribution in [0.15, 0.2) is 47.8 Å². The Morgan fingerprint density at radius 1 is 1.04 bits per heavy atom. The number of rotatable bonds is 2. The van der Waals surface area contributed by atoms with Crippen LogP contribution < -0.4 is 38.5 Å². The molecule has 2 rings (SSSR count). The van der Waals surface area contributed by atoms with Gasteiger partial charge in [-0.1, -0.05) is 17.7 Å². The van der Waals surface area contributed by atoms with Gasteiger partial charge in [-0.15, -0.1) is 6.42 Å². The van der Waals surface area contributed by atoms with E-state index in [0.29, 0.717) is 16.7 Å². The Balaban J connectivity index is 0. The van der Waals surface area contributed by atoms with Crippen LogP contribution in [-0.2, 0) is 6.54 Å². The van der Waals surface area contributed by atoms with Crippen molar-refractivity contribution >= 4 is 28.4 Å². The maximum absolute atomic E-state index is 5.85. The Morgan fingerprint density at radius 3 is 1.92 bits per heavy atom. The van der Waals surface area contributed by atoms with E-state index in [2.05, 4.69) is 43.4 Å². The van der Waals surface area contributed by atoms with Gasteiger partial charge in [-0.25, -0.2) is 0 Å². The topological polar surface area (TPSA) is 7.76 Å². The van der Waals surface area contributed by atoms with Gasteiger partial charge in [0.2, 0.25) is 6.54 Å². The maximum atomic E-state index is 5.85. The first-order valence-corrected chi connectivity index (χ1v) is 8.02. The van der Waals surface area contributed by atoms with Crippen molar-refractivity contribution in [3.8, 4) is 12.3 Å². The van der Waals surface area contributed by atoms with Gasteiger partial charge in [0.15, 0.2) is 23.8 Å². The Kier molecular flexibility index (Phi) is 13.8. The second-order valence-corrected chi connectivity index (χ2v) is 6.14. The number of pyridine rings is 2. The highest BCUT2D eigenvalue weighted by Gasteiger charge is 2.08. The Labute approximate surface area is 177 Å². The molecule has 0 atom stereocenters.